The van der Waals surface area contributed by atoms with E-state index in [9.17, 15) is 0 Å². The first-order valence-corrected chi connectivity index (χ1v) is 8.99. The Labute approximate surface area is 161 Å². The molecule has 4 aromatic rings. The molecule has 0 unspecified atom stereocenters. The summed E-state index contributed by atoms with van der Waals surface area (Å²) < 4.78 is 6.98. The average molecular weight is 383 g/mol. The Balaban J connectivity index is 1.93. The van der Waals surface area contributed by atoms with Crippen LogP contribution < -0.4 is 0 Å². The Kier molecular flexibility index (Phi) is 4.19. The summed E-state index contributed by atoms with van der Waals surface area (Å²) in [5.41, 5.74) is 3.44. The highest BCUT2D eigenvalue weighted by atomic mass is 35.5. The third-order valence-corrected chi connectivity index (χ3v) is 4.69. The molecule has 0 aliphatic heterocycles. The predicted octanol–water partition coefficient (Wildman–Crippen LogP) is 4.18. The van der Waals surface area contributed by atoms with Crippen molar-refractivity contribution < 1.29 is 4.52 Å². The topological polar surface area (TPSA) is 82.5 Å². The lowest BCUT2D eigenvalue weighted by atomic mass is 9.95. The molecular weight excluding hydrogens is 364 g/mol. The molecule has 0 bridgehead atoms. The van der Waals surface area contributed by atoms with Crippen LogP contribution in [0.15, 0.2) is 35.0 Å². The minimum Gasteiger partial charge on any atom is -0.361 e. The highest BCUT2D eigenvalue weighted by molar-refractivity contribution is 6.31. The van der Waals surface area contributed by atoms with E-state index in [0.29, 0.717) is 40.0 Å². The van der Waals surface area contributed by atoms with Crippen molar-refractivity contribution in [3.8, 4) is 11.3 Å². The number of aryl methyl sites for hydroxylation is 1. The zero-order valence-corrected chi connectivity index (χ0v) is 16.3. The van der Waals surface area contributed by atoms with Gasteiger partial charge >= 0.3 is 0 Å². The molecule has 7 nitrogen and oxygen atoms in total. The first-order valence-electron chi connectivity index (χ1n) is 8.61. The fourth-order valence-corrected chi connectivity index (χ4v) is 3.00. The van der Waals surface area contributed by atoms with Crippen molar-refractivity contribution in [3.05, 3.63) is 52.6 Å². The Morgan fingerprint density at radius 2 is 1.93 bits per heavy atom. The molecule has 4 rings (SSSR count). The van der Waals surface area contributed by atoms with E-state index in [0.717, 1.165) is 11.1 Å². The number of rotatable bonds is 3. The lowest BCUT2D eigenvalue weighted by Crippen LogP contribution is -2.17. The summed E-state index contributed by atoms with van der Waals surface area (Å²) in [5, 5.41) is 13.2. The molecular formula is C19H19ClN6O. The SMILES string of the molecule is Cc1oncc1-c1nc(C(C)(C)C)nc2c1nnn2Cc1ccccc1Cl. The molecule has 0 fully saturated rings. The standard InChI is InChI=1S/C19H19ClN6O/c1-11-13(9-21-27-11)15-16-17(23-18(22-15)19(2,3)4)26(25-24-16)10-12-7-5-6-8-14(12)20/h5-9H,10H2,1-4H3. The van der Waals surface area contributed by atoms with E-state index < -0.39 is 0 Å². The summed E-state index contributed by atoms with van der Waals surface area (Å²) in [4.78, 5) is 9.53. The molecule has 27 heavy (non-hydrogen) atoms. The maximum atomic E-state index is 6.31. The summed E-state index contributed by atoms with van der Waals surface area (Å²) in [6.45, 7) is 8.53. The van der Waals surface area contributed by atoms with E-state index in [2.05, 4.69) is 36.2 Å². The molecule has 0 aliphatic rings. The highest BCUT2D eigenvalue weighted by Crippen LogP contribution is 2.30. The molecule has 3 heterocycles. The van der Waals surface area contributed by atoms with E-state index in [1.165, 1.54) is 0 Å². The van der Waals surface area contributed by atoms with E-state index in [1.807, 2.05) is 31.2 Å². The Morgan fingerprint density at radius 1 is 1.15 bits per heavy atom. The Bertz CT molecular complexity index is 1120. The number of aromatic nitrogens is 6. The van der Waals surface area contributed by atoms with Gasteiger partial charge in [-0.2, -0.15) is 0 Å². The number of fused-ring (bicyclic) bond motifs is 1. The molecule has 1 aromatic carbocycles. The summed E-state index contributed by atoms with van der Waals surface area (Å²) in [6.07, 6.45) is 1.65. The van der Waals surface area contributed by atoms with Crippen molar-refractivity contribution in [1.29, 1.82) is 0 Å². The van der Waals surface area contributed by atoms with Gasteiger partial charge in [0.25, 0.3) is 0 Å². The largest absolute Gasteiger partial charge is 0.361 e. The molecule has 8 heteroatoms. The molecule has 0 saturated heterocycles. The van der Waals surface area contributed by atoms with E-state index in [-0.39, 0.29) is 5.41 Å². The van der Waals surface area contributed by atoms with Gasteiger partial charge in [-0.25, -0.2) is 14.6 Å². The van der Waals surface area contributed by atoms with Crippen molar-refractivity contribution in [2.24, 2.45) is 0 Å². The van der Waals surface area contributed by atoms with Gasteiger partial charge in [0.1, 0.15) is 17.3 Å². The Morgan fingerprint density at radius 3 is 2.59 bits per heavy atom. The van der Waals surface area contributed by atoms with Gasteiger partial charge in [-0.3, -0.25) is 0 Å². The molecule has 0 aliphatic carbocycles. The fraction of sp³-hybridized carbons (Fsp3) is 0.316. The second-order valence-electron chi connectivity index (χ2n) is 7.45. The lowest BCUT2D eigenvalue weighted by Gasteiger charge is -2.17. The van der Waals surface area contributed by atoms with Crippen LogP contribution in [0.4, 0.5) is 0 Å². The predicted molar refractivity (Wildman–Crippen MR) is 103 cm³/mol. The minimum atomic E-state index is -0.243. The number of hydrogen-bond acceptors (Lipinski definition) is 6. The van der Waals surface area contributed by atoms with Gasteiger partial charge in [-0.05, 0) is 18.6 Å². The Hall–Kier alpha value is -2.80. The molecule has 3 aromatic heterocycles. The second-order valence-corrected chi connectivity index (χ2v) is 7.86. The van der Waals surface area contributed by atoms with Gasteiger partial charge < -0.3 is 4.52 Å². The van der Waals surface area contributed by atoms with Gasteiger partial charge in [0, 0.05) is 10.4 Å². The second kappa shape index (κ2) is 6.42. The molecule has 0 amide bonds. The molecule has 138 valence electrons. The summed E-state index contributed by atoms with van der Waals surface area (Å²) in [6, 6.07) is 7.67. The molecule has 0 saturated carbocycles. The molecule has 0 radical (unpaired) electrons. The summed E-state index contributed by atoms with van der Waals surface area (Å²) in [5.74, 6) is 1.38. The van der Waals surface area contributed by atoms with Crippen LogP contribution >= 0.6 is 11.6 Å². The minimum absolute atomic E-state index is 0.243. The van der Waals surface area contributed by atoms with Gasteiger partial charge in [-0.15, -0.1) is 5.10 Å². The highest BCUT2D eigenvalue weighted by Gasteiger charge is 2.25. The van der Waals surface area contributed by atoms with Crippen LogP contribution in [0.5, 0.6) is 0 Å². The molecule has 0 N–H and O–H groups in total. The van der Waals surface area contributed by atoms with Crippen LogP contribution in [0.1, 0.15) is 37.9 Å². The number of nitrogens with zero attached hydrogens (tertiary/aromatic N) is 6. The van der Waals surface area contributed by atoms with Crippen LogP contribution in [-0.2, 0) is 12.0 Å². The van der Waals surface area contributed by atoms with Crippen LogP contribution in [0.3, 0.4) is 0 Å². The van der Waals surface area contributed by atoms with Crippen LogP contribution in [0.25, 0.3) is 22.4 Å². The van der Waals surface area contributed by atoms with Gasteiger partial charge in [0.15, 0.2) is 11.2 Å². The number of hydrogen-bond donors (Lipinski definition) is 0. The zero-order chi connectivity index (χ0) is 19.2. The van der Waals surface area contributed by atoms with Crippen LogP contribution in [0, 0.1) is 6.92 Å². The summed E-state index contributed by atoms with van der Waals surface area (Å²) in [7, 11) is 0. The molecule has 0 spiro atoms. The van der Waals surface area contributed by atoms with Crippen molar-refractivity contribution in [2.75, 3.05) is 0 Å². The third kappa shape index (κ3) is 3.19. The maximum Gasteiger partial charge on any atom is 0.182 e. The normalized spacial score (nSPS) is 12.0. The van der Waals surface area contributed by atoms with Gasteiger partial charge in [-0.1, -0.05) is 60.9 Å². The van der Waals surface area contributed by atoms with Gasteiger partial charge in [0.2, 0.25) is 0 Å². The van der Waals surface area contributed by atoms with Gasteiger partial charge in [0.05, 0.1) is 18.3 Å². The molecule has 0 atom stereocenters. The maximum absolute atomic E-state index is 6.31. The first kappa shape index (κ1) is 17.6. The number of halogens is 1. The smallest absolute Gasteiger partial charge is 0.182 e. The lowest BCUT2D eigenvalue weighted by molar-refractivity contribution is 0.398. The number of benzene rings is 1. The van der Waals surface area contributed by atoms with Crippen LogP contribution in [-0.4, -0.2) is 30.1 Å². The third-order valence-electron chi connectivity index (χ3n) is 4.32. The van der Waals surface area contributed by atoms with E-state index >= 15 is 0 Å². The van der Waals surface area contributed by atoms with Crippen molar-refractivity contribution in [1.82, 2.24) is 30.1 Å². The zero-order valence-electron chi connectivity index (χ0n) is 15.6. The average Bonchev–Trinajstić information content (AvgIpc) is 3.22. The fourth-order valence-electron chi connectivity index (χ4n) is 2.80. The summed E-state index contributed by atoms with van der Waals surface area (Å²) >= 11 is 6.31. The monoisotopic (exact) mass is 382 g/mol. The van der Waals surface area contributed by atoms with E-state index in [1.54, 1.807) is 10.9 Å². The van der Waals surface area contributed by atoms with E-state index in [4.69, 9.17) is 26.1 Å². The first-order chi connectivity index (χ1) is 12.8. The van der Waals surface area contributed by atoms with Crippen LogP contribution in [0.2, 0.25) is 5.02 Å². The van der Waals surface area contributed by atoms with Crippen molar-refractivity contribution in [3.63, 3.8) is 0 Å². The van der Waals surface area contributed by atoms with Crippen molar-refractivity contribution in [2.45, 2.75) is 39.7 Å². The van der Waals surface area contributed by atoms with Crippen molar-refractivity contribution >= 4 is 22.8 Å². The quantitative estimate of drug-likeness (QED) is 0.528.